The van der Waals surface area contributed by atoms with Crippen LogP contribution in [-0.4, -0.2) is 44.7 Å². The smallest absolute Gasteiger partial charge is 0.258 e. The predicted molar refractivity (Wildman–Crippen MR) is 123 cm³/mol. The Morgan fingerprint density at radius 3 is 2.31 bits per heavy atom. The molecule has 0 fully saturated rings. The van der Waals surface area contributed by atoms with Crippen LogP contribution in [0.25, 0.3) is 0 Å². The van der Waals surface area contributed by atoms with Crippen molar-refractivity contribution in [2.45, 2.75) is 11.3 Å². The van der Waals surface area contributed by atoms with Gasteiger partial charge < -0.3 is 10.2 Å². The molecule has 0 aromatic heterocycles. The SMILES string of the molecule is CN(CC(=O)Nc1ccc(C(=O)N2CCc3ccccc32)cc1)S(=O)(=O)c1ccccc1. The molecule has 3 aromatic carbocycles. The summed E-state index contributed by atoms with van der Waals surface area (Å²) in [6.07, 6.45) is 0.829. The highest BCUT2D eigenvalue weighted by Gasteiger charge is 2.25. The van der Waals surface area contributed by atoms with Crippen molar-refractivity contribution in [3.63, 3.8) is 0 Å². The summed E-state index contributed by atoms with van der Waals surface area (Å²) >= 11 is 0. The number of anilines is 2. The second-order valence-electron chi connectivity index (χ2n) is 7.54. The van der Waals surface area contributed by atoms with Crippen molar-refractivity contribution >= 4 is 33.2 Å². The maximum Gasteiger partial charge on any atom is 0.258 e. The fraction of sp³-hybridized carbons (Fsp3) is 0.167. The molecule has 7 nitrogen and oxygen atoms in total. The molecule has 1 heterocycles. The highest BCUT2D eigenvalue weighted by atomic mass is 32.2. The number of benzene rings is 3. The average molecular weight is 450 g/mol. The number of rotatable bonds is 6. The Hall–Kier alpha value is -3.49. The van der Waals surface area contributed by atoms with E-state index < -0.39 is 15.9 Å². The van der Waals surface area contributed by atoms with Crippen LogP contribution < -0.4 is 10.2 Å². The molecule has 0 bridgehead atoms. The Morgan fingerprint density at radius 2 is 1.59 bits per heavy atom. The number of hydrogen-bond donors (Lipinski definition) is 1. The number of nitrogens with zero attached hydrogens (tertiary/aromatic N) is 2. The third-order valence-electron chi connectivity index (χ3n) is 5.37. The number of likely N-dealkylation sites (N-methyl/N-ethyl adjacent to an activating group) is 1. The van der Waals surface area contributed by atoms with E-state index in [0.717, 1.165) is 22.0 Å². The fourth-order valence-electron chi connectivity index (χ4n) is 3.66. The molecule has 32 heavy (non-hydrogen) atoms. The van der Waals surface area contributed by atoms with Crippen LogP contribution in [0, 0.1) is 0 Å². The van der Waals surface area contributed by atoms with E-state index in [1.54, 1.807) is 47.4 Å². The molecule has 1 aliphatic heterocycles. The molecule has 0 saturated carbocycles. The van der Waals surface area contributed by atoms with Gasteiger partial charge in [-0.1, -0.05) is 36.4 Å². The molecule has 0 spiro atoms. The predicted octanol–water partition coefficient (Wildman–Crippen LogP) is 3.15. The second-order valence-corrected chi connectivity index (χ2v) is 9.58. The summed E-state index contributed by atoms with van der Waals surface area (Å²) in [4.78, 5) is 27.2. The van der Waals surface area contributed by atoms with Crippen LogP contribution in [-0.2, 0) is 21.2 Å². The summed E-state index contributed by atoms with van der Waals surface area (Å²) in [5.74, 6) is -0.568. The number of carbonyl (C=O) groups is 2. The van der Waals surface area contributed by atoms with Gasteiger partial charge in [0.1, 0.15) is 0 Å². The minimum Gasteiger partial charge on any atom is -0.325 e. The van der Waals surface area contributed by atoms with E-state index in [0.29, 0.717) is 17.8 Å². The van der Waals surface area contributed by atoms with Crippen molar-refractivity contribution in [3.05, 3.63) is 90.0 Å². The number of para-hydroxylation sites is 1. The molecule has 0 unspecified atom stereocenters. The van der Waals surface area contributed by atoms with Crippen molar-refractivity contribution in [2.24, 2.45) is 0 Å². The van der Waals surface area contributed by atoms with Crippen LogP contribution in [0.2, 0.25) is 0 Å². The van der Waals surface area contributed by atoms with Gasteiger partial charge in [0, 0.05) is 30.5 Å². The van der Waals surface area contributed by atoms with Gasteiger partial charge in [-0.05, 0) is 54.4 Å². The lowest BCUT2D eigenvalue weighted by atomic mass is 10.1. The van der Waals surface area contributed by atoms with Gasteiger partial charge in [0.2, 0.25) is 15.9 Å². The summed E-state index contributed by atoms with van der Waals surface area (Å²) < 4.78 is 26.1. The number of nitrogens with one attached hydrogen (secondary N) is 1. The van der Waals surface area contributed by atoms with Gasteiger partial charge in [-0.3, -0.25) is 9.59 Å². The van der Waals surface area contributed by atoms with Crippen molar-refractivity contribution in [1.82, 2.24) is 4.31 Å². The number of hydrogen-bond acceptors (Lipinski definition) is 4. The molecule has 2 amide bonds. The maximum atomic E-state index is 12.9. The van der Waals surface area contributed by atoms with E-state index in [4.69, 9.17) is 0 Å². The van der Waals surface area contributed by atoms with Gasteiger partial charge in [0.05, 0.1) is 11.4 Å². The topological polar surface area (TPSA) is 86.8 Å². The highest BCUT2D eigenvalue weighted by Crippen LogP contribution is 2.29. The van der Waals surface area contributed by atoms with Gasteiger partial charge in [0.25, 0.3) is 5.91 Å². The molecular weight excluding hydrogens is 426 g/mol. The number of fused-ring (bicyclic) bond motifs is 1. The van der Waals surface area contributed by atoms with E-state index >= 15 is 0 Å². The van der Waals surface area contributed by atoms with Crippen molar-refractivity contribution in [2.75, 3.05) is 30.4 Å². The first-order valence-electron chi connectivity index (χ1n) is 10.2. The number of sulfonamides is 1. The largest absolute Gasteiger partial charge is 0.325 e. The van der Waals surface area contributed by atoms with Crippen molar-refractivity contribution < 1.29 is 18.0 Å². The monoisotopic (exact) mass is 449 g/mol. The van der Waals surface area contributed by atoms with Crippen LogP contribution in [0.3, 0.4) is 0 Å². The van der Waals surface area contributed by atoms with Gasteiger partial charge >= 0.3 is 0 Å². The Morgan fingerprint density at radius 1 is 0.938 bits per heavy atom. The zero-order chi connectivity index (χ0) is 22.7. The standard InChI is InChI=1S/C24H23N3O4S/c1-26(32(30,31)21-8-3-2-4-9-21)17-23(28)25-20-13-11-19(12-14-20)24(29)27-16-15-18-7-5-6-10-22(18)27/h2-14H,15-17H2,1H3,(H,25,28). The quantitative estimate of drug-likeness (QED) is 0.626. The summed E-state index contributed by atoms with van der Waals surface area (Å²) in [6, 6.07) is 22.4. The third-order valence-corrected chi connectivity index (χ3v) is 7.18. The van der Waals surface area contributed by atoms with E-state index in [1.807, 2.05) is 24.3 Å². The first kappa shape index (κ1) is 21.7. The first-order chi connectivity index (χ1) is 15.4. The molecule has 8 heteroatoms. The lowest BCUT2D eigenvalue weighted by Gasteiger charge is -2.18. The van der Waals surface area contributed by atoms with Crippen LogP contribution in [0.15, 0.2) is 83.8 Å². The molecule has 3 aromatic rings. The first-order valence-corrected chi connectivity index (χ1v) is 11.6. The van der Waals surface area contributed by atoms with E-state index in [1.165, 1.54) is 19.2 Å². The third kappa shape index (κ3) is 4.42. The van der Waals surface area contributed by atoms with Gasteiger partial charge in [-0.15, -0.1) is 0 Å². The summed E-state index contributed by atoms with van der Waals surface area (Å²) in [7, 11) is -2.40. The number of carbonyl (C=O) groups excluding carboxylic acids is 2. The van der Waals surface area contributed by atoms with Crippen molar-refractivity contribution in [1.29, 1.82) is 0 Å². The average Bonchev–Trinajstić information content (AvgIpc) is 3.24. The molecule has 0 saturated heterocycles. The summed E-state index contributed by atoms with van der Waals surface area (Å²) in [6.45, 7) is 0.307. The van der Waals surface area contributed by atoms with Crippen LogP contribution in [0.5, 0.6) is 0 Å². The van der Waals surface area contributed by atoms with E-state index in [-0.39, 0.29) is 17.3 Å². The Kier molecular flexibility index (Phi) is 6.07. The van der Waals surface area contributed by atoms with Gasteiger partial charge in [-0.2, -0.15) is 4.31 Å². The highest BCUT2D eigenvalue weighted by molar-refractivity contribution is 7.89. The minimum atomic E-state index is -3.76. The van der Waals surface area contributed by atoms with E-state index in [2.05, 4.69) is 5.32 Å². The molecule has 4 rings (SSSR count). The second kappa shape index (κ2) is 8.94. The maximum absolute atomic E-state index is 12.9. The molecule has 1 aliphatic rings. The van der Waals surface area contributed by atoms with E-state index in [9.17, 15) is 18.0 Å². The zero-order valence-electron chi connectivity index (χ0n) is 17.6. The Balaban J connectivity index is 1.39. The molecular formula is C24H23N3O4S. The Bertz CT molecular complexity index is 1240. The molecule has 1 N–H and O–H groups in total. The molecule has 0 aliphatic carbocycles. The van der Waals surface area contributed by atoms with Crippen LogP contribution in [0.1, 0.15) is 15.9 Å². The Labute approximate surface area is 187 Å². The van der Waals surface area contributed by atoms with Gasteiger partial charge in [-0.25, -0.2) is 8.42 Å². The van der Waals surface area contributed by atoms with Crippen LogP contribution >= 0.6 is 0 Å². The minimum absolute atomic E-state index is 0.0958. The van der Waals surface area contributed by atoms with Gasteiger partial charge in [0.15, 0.2) is 0 Å². The number of amides is 2. The molecule has 0 radical (unpaired) electrons. The van der Waals surface area contributed by atoms with Crippen molar-refractivity contribution in [3.8, 4) is 0 Å². The zero-order valence-corrected chi connectivity index (χ0v) is 18.4. The summed E-state index contributed by atoms with van der Waals surface area (Å²) in [5.41, 5.74) is 3.08. The lowest BCUT2D eigenvalue weighted by Crippen LogP contribution is -2.35. The normalized spacial score (nSPS) is 13.1. The lowest BCUT2D eigenvalue weighted by molar-refractivity contribution is -0.116. The van der Waals surface area contributed by atoms with Crippen LogP contribution in [0.4, 0.5) is 11.4 Å². The summed E-state index contributed by atoms with van der Waals surface area (Å²) in [5, 5.41) is 2.68. The fourth-order valence-corrected chi connectivity index (χ4v) is 4.81. The molecule has 0 atom stereocenters. The molecule has 164 valence electrons.